The van der Waals surface area contributed by atoms with Crippen LogP contribution in [0.4, 0.5) is 5.82 Å². The molecule has 5 aromatic carbocycles. The van der Waals surface area contributed by atoms with Crippen molar-refractivity contribution in [1.82, 2.24) is 30.2 Å². The molecule has 0 fully saturated rings. The molecule has 0 aliphatic heterocycles. The van der Waals surface area contributed by atoms with Gasteiger partial charge in [0.05, 0.1) is 6.61 Å². The zero-order chi connectivity index (χ0) is 34.2. The predicted molar refractivity (Wildman–Crippen MR) is 197 cm³/mol. The molecule has 248 valence electrons. The Bertz CT molecular complexity index is 2040. The quantitative estimate of drug-likeness (QED) is 0.121. The van der Waals surface area contributed by atoms with Gasteiger partial charge in [-0.3, -0.25) is 0 Å². The zero-order valence-electron chi connectivity index (χ0n) is 28.0. The van der Waals surface area contributed by atoms with E-state index in [0.717, 1.165) is 64.0 Å². The summed E-state index contributed by atoms with van der Waals surface area (Å²) in [5.74, 6) is 2.12. The topological polar surface area (TPSA) is 102 Å². The molecule has 0 aliphatic rings. The van der Waals surface area contributed by atoms with E-state index in [1.165, 1.54) is 0 Å². The Morgan fingerprint density at radius 1 is 0.700 bits per heavy atom. The van der Waals surface area contributed by atoms with Crippen LogP contribution < -0.4 is 5.32 Å². The molecule has 0 radical (unpaired) electrons. The van der Waals surface area contributed by atoms with Gasteiger partial charge in [0.25, 0.3) is 0 Å². The van der Waals surface area contributed by atoms with E-state index in [0.29, 0.717) is 23.8 Å². The van der Waals surface area contributed by atoms with Crippen LogP contribution in [0, 0.1) is 0 Å². The first-order chi connectivity index (χ1) is 24.7. The lowest BCUT2D eigenvalue weighted by Gasteiger charge is -2.36. The van der Waals surface area contributed by atoms with E-state index in [9.17, 15) is 5.11 Å². The molecule has 8 nitrogen and oxygen atoms in total. The lowest BCUT2D eigenvalue weighted by Crippen LogP contribution is -2.39. The lowest BCUT2D eigenvalue weighted by atomic mass is 9.77. The van der Waals surface area contributed by atoms with Gasteiger partial charge in [-0.1, -0.05) is 153 Å². The molecule has 2 heterocycles. The maximum absolute atomic E-state index is 9.88. The molecule has 0 bridgehead atoms. The second-order valence-electron chi connectivity index (χ2n) is 12.2. The summed E-state index contributed by atoms with van der Waals surface area (Å²) in [5, 5.41) is 27.1. The van der Waals surface area contributed by atoms with E-state index in [1.807, 2.05) is 35.0 Å². The fraction of sp³-hybridized carbons (Fsp3) is 0.167. The first kappa shape index (κ1) is 32.6. The minimum Gasteiger partial charge on any atom is -0.391 e. The van der Waals surface area contributed by atoms with Crippen LogP contribution in [0.25, 0.3) is 22.5 Å². The number of aliphatic hydroxyl groups excluding tert-OH is 1. The summed E-state index contributed by atoms with van der Waals surface area (Å²) in [4.78, 5) is 9.11. The van der Waals surface area contributed by atoms with Crippen molar-refractivity contribution in [2.45, 2.75) is 44.9 Å². The van der Waals surface area contributed by atoms with Crippen LogP contribution >= 0.6 is 0 Å². The lowest BCUT2D eigenvalue weighted by molar-refractivity contribution is 0.281. The van der Waals surface area contributed by atoms with Crippen molar-refractivity contribution in [3.05, 3.63) is 179 Å². The van der Waals surface area contributed by atoms with E-state index in [2.05, 4.69) is 132 Å². The average Bonchev–Trinajstić information content (AvgIpc) is 3.68. The number of aromatic nitrogens is 6. The van der Waals surface area contributed by atoms with Crippen LogP contribution in [-0.2, 0) is 25.1 Å². The molecule has 8 heteroatoms. The van der Waals surface area contributed by atoms with Crippen LogP contribution in [0.2, 0.25) is 0 Å². The molecule has 2 aromatic heterocycles. The summed E-state index contributed by atoms with van der Waals surface area (Å²) in [6.45, 7) is 2.59. The number of tetrazole rings is 1. The first-order valence-electron chi connectivity index (χ1n) is 17.1. The van der Waals surface area contributed by atoms with E-state index in [1.54, 1.807) is 6.20 Å². The number of nitrogens with zero attached hydrogens (tertiary/aromatic N) is 6. The molecule has 0 spiro atoms. The molecule has 2 N–H and O–H groups in total. The Morgan fingerprint density at radius 3 is 1.86 bits per heavy atom. The van der Waals surface area contributed by atoms with Crippen molar-refractivity contribution >= 4 is 5.82 Å². The molecule has 0 aliphatic carbocycles. The standard InChI is InChI=1S/C42H39N7O/c1-2-3-23-39-43-29-33(30-50)40(45-39)44-28-31-24-26-32(27-25-31)37-21-13-14-22-38(37)41-46-47-48-49(41)42(34-15-7-4-8-16-34,35-17-9-5-10-18-35)36-19-11-6-12-20-36/h4-22,24-27,29,50H,2-3,23,28,30H2,1H3,(H,43,44,45). The number of aryl methyl sites for hydroxylation is 1. The van der Waals surface area contributed by atoms with E-state index < -0.39 is 5.54 Å². The Kier molecular flexibility index (Phi) is 9.80. The van der Waals surface area contributed by atoms with Gasteiger partial charge < -0.3 is 10.4 Å². The fourth-order valence-electron chi connectivity index (χ4n) is 6.57. The molecule has 0 amide bonds. The number of benzene rings is 5. The summed E-state index contributed by atoms with van der Waals surface area (Å²) in [6, 6.07) is 48.0. The summed E-state index contributed by atoms with van der Waals surface area (Å²) in [5.41, 5.74) is 7.05. The Labute approximate surface area is 292 Å². The van der Waals surface area contributed by atoms with Gasteiger partial charge in [-0.25, -0.2) is 14.6 Å². The summed E-state index contributed by atoms with van der Waals surface area (Å²) in [7, 11) is 0. The van der Waals surface area contributed by atoms with Gasteiger partial charge in [-0.2, -0.15) is 0 Å². The normalized spacial score (nSPS) is 11.4. The average molecular weight is 658 g/mol. The predicted octanol–water partition coefficient (Wildman–Crippen LogP) is 8.08. The van der Waals surface area contributed by atoms with E-state index >= 15 is 0 Å². The number of nitrogens with one attached hydrogen (secondary N) is 1. The van der Waals surface area contributed by atoms with Crippen molar-refractivity contribution in [2.75, 3.05) is 5.32 Å². The van der Waals surface area contributed by atoms with Crippen LogP contribution in [0.1, 0.15) is 53.4 Å². The molecular formula is C42H39N7O. The molecule has 0 saturated heterocycles. The monoisotopic (exact) mass is 657 g/mol. The zero-order valence-corrected chi connectivity index (χ0v) is 28.0. The molecule has 50 heavy (non-hydrogen) atoms. The van der Waals surface area contributed by atoms with E-state index in [-0.39, 0.29) is 6.61 Å². The van der Waals surface area contributed by atoms with Crippen molar-refractivity contribution in [3.63, 3.8) is 0 Å². The molecule has 0 saturated carbocycles. The number of anilines is 1. The van der Waals surface area contributed by atoms with Crippen molar-refractivity contribution in [2.24, 2.45) is 0 Å². The largest absolute Gasteiger partial charge is 0.391 e. The van der Waals surface area contributed by atoms with Gasteiger partial charge in [0, 0.05) is 30.3 Å². The van der Waals surface area contributed by atoms with Crippen LogP contribution in [0.3, 0.4) is 0 Å². The first-order valence-corrected chi connectivity index (χ1v) is 17.1. The number of rotatable bonds is 13. The van der Waals surface area contributed by atoms with Gasteiger partial charge in [-0.05, 0) is 50.2 Å². The van der Waals surface area contributed by atoms with Crippen molar-refractivity contribution < 1.29 is 5.11 Å². The molecule has 7 aromatic rings. The Balaban J connectivity index is 1.27. The molecular weight excluding hydrogens is 619 g/mol. The van der Waals surface area contributed by atoms with Crippen molar-refractivity contribution in [3.8, 4) is 22.5 Å². The maximum Gasteiger partial charge on any atom is 0.184 e. The third-order valence-corrected chi connectivity index (χ3v) is 9.09. The minimum absolute atomic E-state index is 0.119. The third kappa shape index (κ3) is 6.41. The van der Waals surface area contributed by atoms with E-state index in [4.69, 9.17) is 15.3 Å². The number of aliphatic hydroxyl groups is 1. The van der Waals surface area contributed by atoms with Gasteiger partial charge in [0.15, 0.2) is 5.82 Å². The van der Waals surface area contributed by atoms with Gasteiger partial charge in [-0.15, -0.1) is 5.10 Å². The number of unbranched alkanes of at least 4 members (excludes halogenated alkanes) is 1. The highest BCUT2D eigenvalue weighted by atomic mass is 16.3. The molecule has 0 atom stereocenters. The molecule has 7 rings (SSSR count). The summed E-state index contributed by atoms with van der Waals surface area (Å²) in [6.07, 6.45) is 4.64. The van der Waals surface area contributed by atoms with Crippen LogP contribution in [-0.4, -0.2) is 35.3 Å². The highest BCUT2D eigenvalue weighted by molar-refractivity contribution is 5.81. The maximum atomic E-state index is 9.88. The Morgan fingerprint density at radius 2 is 1.28 bits per heavy atom. The summed E-state index contributed by atoms with van der Waals surface area (Å²) >= 11 is 0. The van der Waals surface area contributed by atoms with Crippen molar-refractivity contribution in [1.29, 1.82) is 0 Å². The number of hydrogen-bond donors (Lipinski definition) is 2. The highest BCUT2D eigenvalue weighted by Crippen LogP contribution is 2.43. The second kappa shape index (κ2) is 15.1. The highest BCUT2D eigenvalue weighted by Gasteiger charge is 2.42. The number of hydrogen-bond acceptors (Lipinski definition) is 7. The SMILES string of the molecule is CCCCc1ncc(CO)c(NCc2ccc(-c3ccccc3-c3nnnn3C(c3ccccc3)(c3ccccc3)c3ccccc3)cc2)n1. The summed E-state index contributed by atoms with van der Waals surface area (Å²) < 4.78 is 1.97. The van der Waals surface area contributed by atoms with Gasteiger partial charge in [0.1, 0.15) is 17.2 Å². The smallest absolute Gasteiger partial charge is 0.184 e. The second-order valence-corrected chi connectivity index (χ2v) is 12.2. The third-order valence-electron chi connectivity index (χ3n) is 9.09. The van der Waals surface area contributed by atoms with Crippen LogP contribution in [0.15, 0.2) is 146 Å². The van der Waals surface area contributed by atoms with Gasteiger partial charge in [0.2, 0.25) is 0 Å². The van der Waals surface area contributed by atoms with Crippen LogP contribution in [0.5, 0.6) is 0 Å². The van der Waals surface area contributed by atoms with Gasteiger partial charge >= 0.3 is 0 Å². The molecule has 0 unspecified atom stereocenters. The Hall–Kier alpha value is -5.99. The fourth-order valence-corrected chi connectivity index (χ4v) is 6.57. The minimum atomic E-state index is -0.851.